The molecule has 0 saturated heterocycles. The average molecular weight is 396 g/mol. The summed E-state index contributed by atoms with van der Waals surface area (Å²) in [6.45, 7) is 3.18. The molecule has 0 aromatic heterocycles. The lowest BCUT2D eigenvalue weighted by Crippen LogP contribution is -2.44. The minimum atomic E-state index is -0.950. The molecule has 0 bridgehead atoms. The van der Waals surface area contributed by atoms with Crippen LogP contribution in [0, 0.1) is 0 Å². The number of fused-ring (bicyclic) bond motifs is 1. The van der Waals surface area contributed by atoms with E-state index < -0.39 is 18.0 Å². The van der Waals surface area contributed by atoms with Crippen LogP contribution < -0.4 is 15.0 Å². The lowest BCUT2D eigenvalue weighted by atomic mass is 10.1. The number of rotatable bonds is 6. The van der Waals surface area contributed by atoms with Gasteiger partial charge in [0.1, 0.15) is 12.3 Å². The Labute approximate surface area is 169 Å². The predicted octanol–water partition coefficient (Wildman–Crippen LogP) is 2.33. The van der Waals surface area contributed by atoms with E-state index in [2.05, 4.69) is 5.32 Å². The summed E-state index contributed by atoms with van der Waals surface area (Å²) in [7, 11) is 1.54. The number of ether oxygens (including phenoxy) is 2. The number of anilines is 1. The Morgan fingerprint density at radius 2 is 1.83 bits per heavy atom. The Bertz CT molecular complexity index is 910. The van der Waals surface area contributed by atoms with Gasteiger partial charge in [-0.1, -0.05) is 18.2 Å². The molecule has 1 N–H and O–H groups in total. The molecule has 0 fully saturated rings. The first-order chi connectivity index (χ1) is 13.9. The molecule has 7 nitrogen and oxygen atoms in total. The van der Waals surface area contributed by atoms with Crippen molar-refractivity contribution >= 4 is 23.5 Å². The van der Waals surface area contributed by atoms with E-state index >= 15 is 0 Å². The van der Waals surface area contributed by atoms with Gasteiger partial charge in [0.05, 0.1) is 7.11 Å². The molecule has 2 aromatic carbocycles. The maximum atomic E-state index is 12.8. The molecule has 2 amide bonds. The van der Waals surface area contributed by atoms with Crippen LogP contribution >= 0.6 is 0 Å². The van der Waals surface area contributed by atoms with Gasteiger partial charge in [-0.2, -0.15) is 0 Å². The first-order valence-electron chi connectivity index (χ1n) is 9.43. The summed E-state index contributed by atoms with van der Waals surface area (Å²) >= 11 is 0. The summed E-state index contributed by atoms with van der Waals surface area (Å²) < 4.78 is 10.3. The zero-order valence-electron chi connectivity index (χ0n) is 16.7. The average Bonchev–Trinajstić information content (AvgIpc) is 3.07. The molecule has 2 aromatic rings. The summed E-state index contributed by atoms with van der Waals surface area (Å²) in [5, 5.41) is 2.50. The standard InChI is InChI=1S/C22H24N2O5/c1-14-12-17-6-4-5-7-19(17)24(14)22(27)15(2)29-20(25)13-23-21(26)16-8-10-18(28-3)11-9-16/h4-11,14-15H,12-13H2,1-3H3,(H,23,26)/t14-,15-/m1/s1. The number of methoxy groups -OCH3 is 1. The Morgan fingerprint density at radius 3 is 2.52 bits per heavy atom. The molecule has 0 unspecified atom stereocenters. The molecule has 0 saturated carbocycles. The number of hydrogen-bond acceptors (Lipinski definition) is 5. The van der Waals surface area contributed by atoms with Crippen LogP contribution in [-0.4, -0.2) is 43.6 Å². The molecule has 0 aliphatic carbocycles. The molecule has 3 rings (SSSR count). The van der Waals surface area contributed by atoms with Crippen molar-refractivity contribution in [3.63, 3.8) is 0 Å². The second kappa shape index (κ2) is 8.77. The fourth-order valence-electron chi connectivity index (χ4n) is 3.38. The van der Waals surface area contributed by atoms with E-state index in [0.717, 1.165) is 17.7 Å². The zero-order valence-corrected chi connectivity index (χ0v) is 16.7. The van der Waals surface area contributed by atoms with E-state index in [1.165, 1.54) is 7.11 Å². The largest absolute Gasteiger partial charge is 0.497 e. The maximum Gasteiger partial charge on any atom is 0.326 e. The van der Waals surface area contributed by atoms with Crippen molar-refractivity contribution in [1.82, 2.24) is 5.32 Å². The molecule has 152 valence electrons. The van der Waals surface area contributed by atoms with Crippen molar-refractivity contribution in [2.75, 3.05) is 18.6 Å². The van der Waals surface area contributed by atoms with Gasteiger partial charge in [0.15, 0.2) is 6.10 Å². The third-order valence-corrected chi connectivity index (χ3v) is 4.85. The van der Waals surface area contributed by atoms with Gasteiger partial charge < -0.3 is 19.7 Å². The van der Waals surface area contributed by atoms with Gasteiger partial charge in [-0.3, -0.25) is 14.4 Å². The van der Waals surface area contributed by atoms with Gasteiger partial charge >= 0.3 is 5.97 Å². The number of esters is 1. The summed E-state index contributed by atoms with van der Waals surface area (Å²) in [6.07, 6.45) is -0.186. The van der Waals surface area contributed by atoms with Crippen LogP contribution in [-0.2, 0) is 20.7 Å². The molecular weight excluding hydrogens is 372 g/mol. The molecule has 2 atom stereocenters. The van der Waals surface area contributed by atoms with Crippen molar-refractivity contribution in [3.8, 4) is 5.75 Å². The van der Waals surface area contributed by atoms with Crippen molar-refractivity contribution < 1.29 is 23.9 Å². The highest BCUT2D eigenvalue weighted by Gasteiger charge is 2.34. The van der Waals surface area contributed by atoms with E-state index in [1.807, 2.05) is 31.2 Å². The number of benzene rings is 2. The number of amides is 2. The monoisotopic (exact) mass is 396 g/mol. The summed E-state index contributed by atoms with van der Waals surface area (Å²) in [5.74, 6) is -0.734. The van der Waals surface area contributed by atoms with Crippen molar-refractivity contribution in [2.45, 2.75) is 32.4 Å². The summed E-state index contributed by atoms with van der Waals surface area (Å²) in [4.78, 5) is 38.7. The third kappa shape index (κ3) is 4.56. The van der Waals surface area contributed by atoms with Crippen LogP contribution in [0.15, 0.2) is 48.5 Å². The first-order valence-corrected chi connectivity index (χ1v) is 9.43. The zero-order chi connectivity index (χ0) is 21.0. The van der Waals surface area contributed by atoms with Gasteiger partial charge in [0.25, 0.3) is 11.8 Å². The molecule has 1 heterocycles. The van der Waals surface area contributed by atoms with Gasteiger partial charge in [-0.25, -0.2) is 0 Å². The van der Waals surface area contributed by atoms with Crippen LogP contribution in [0.25, 0.3) is 0 Å². The number of nitrogens with zero attached hydrogens (tertiary/aromatic N) is 1. The Hall–Kier alpha value is -3.35. The summed E-state index contributed by atoms with van der Waals surface area (Å²) in [6, 6.07) is 14.2. The van der Waals surface area contributed by atoms with Crippen LogP contribution in [0.2, 0.25) is 0 Å². The van der Waals surface area contributed by atoms with Crippen molar-refractivity contribution in [2.24, 2.45) is 0 Å². The van der Waals surface area contributed by atoms with Crippen LogP contribution in [0.3, 0.4) is 0 Å². The fourth-order valence-corrected chi connectivity index (χ4v) is 3.38. The van der Waals surface area contributed by atoms with Gasteiger partial charge in [0.2, 0.25) is 0 Å². The van der Waals surface area contributed by atoms with E-state index in [0.29, 0.717) is 11.3 Å². The molecule has 1 aliphatic heterocycles. The second-order valence-corrected chi connectivity index (χ2v) is 6.93. The van der Waals surface area contributed by atoms with Crippen molar-refractivity contribution in [1.29, 1.82) is 0 Å². The van der Waals surface area contributed by atoms with Gasteiger partial charge in [0, 0.05) is 17.3 Å². The molecule has 7 heteroatoms. The minimum Gasteiger partial charge on any atom is -0.497 e. The van der Waals surface area contributed by atoms with Crippen LogP contribution in [0.1, 0.15) is 29.8 Å². The molecule has 0 spiro atoms. The molecule has 29 heavy (non-hydrogen) atoms. The Balaban J connectivity index is 1.53. The van der Waals surface area contributed by atoms with E-state index in [9.17, 15) is 14.4 Å². The molecule has 1 aliphatic rings. The van der Waals surface area contributed by atoms with E-state index in [4.69, 9.17) is 9.47 Å². The number of hydrogen-bond donors (Lipinski definition) is 1. The van der Waals surface area contributed by atoms with Crippen LogP contribution in [0.4, 0.5) is 5.69 Å². The quantitative estimate of drug-likeness (QED) is 0.758. The molecular formula is C22H24N2O5. The highest BCUT2D eigenvalue weighted by atomic mass is 16.5. The molecule has 0 radical (unpaired) electrons. The highest BCUT2D eigenvalue weighted by Crippen LogP contribution is 2.32. The smallest absolute Gasteiger partial charge is 0.326 e. The Morgan fingerprint density at radius 1 is 1.14 bits per heavy atom. The summed E-state index contributed by atoms with van der Waals surface area (Å²) in [5.41, 5.74) is 2.34. The first kappa shape index (κ1) is 20.4. The third-order valence-electron chi connectivity index (χ3n) is 4.85. The van der Waals surface area contributed by atoms with Crippen molar-refractivity contribution in [3.05, 3.63) is 59.7 Å². The normalized spacial score (nSPS) is 16.0. The topological polar surface area (TPSA) is 84.9 Å². The van der Waals surface area contributed by atoms with E-state index in [-0.39, 0.29) is 18.5 Å². The van der Waals surface area contributed by atoms with Gasteiger partial charge in [-0.15, -0.1) is 0 Å². The predicted molar refractivity (Wildman–Crippen MR) is 108 cm³/mol. The highest BCUT2D eigenvalue weighted by molar-refractivity contribution is 6.00. The number of carbonyl (C=O) groups is 3. The van der Waals surface area contributed by atoms with Crippen LogP contribution in [0.5, 0.6) is 5.75 Å². The Kier molecular flexibility index (Phi) is 6.16. The lowest BCUT2D eigenvalue weighted by Gasteiger charge is -2.26. The van der Waals surface area contributed by atoms with E-state index in [1.54, 1.807) is 36.1 Å². The second-order valence-electron chi connectivity index (χ2n) is 6.93. The minimum absolute atomic E-state index is 0.00386. The number of nitrogens with one attached hydrogen (secondary N) is 1. The van der Waals surface area contributed by atoms with Gasteiger partial charge in [-0.05, 0) is 56.2 Å². The SMILES string of the molecule is COc1ccc(C(=O)NCC(=O)O[C@H](C)C(=O)N2c3ccccc3C[C@H]2C)cc1. The fraction of sp³-hybridized carbons (Fsp3) is 0.318. The lowest BCUT2D eigenvalue weighted by molar-refractivity contribution is -0.152. The number of para-hydroxylation sites is 1. The number of carbonyl (C=O) groups excluding carboxylic acids is 3. The maximum absolute atomic E-state index is 12.8.